The van der Waals surface area contributed by atoms with E-state index in [0.29, 0.717) is 21.9 Å². The summed E-state index contributed by atoms with van der Waals surface area (Å²) in [4.78, 5) is 28.2. The number of thiazole rings is 1. The Morgan fingerprint density at radius 3 is 2.04 bits per heavy atom. The molecule has 0 saturated carbocycles. The summed E-state index contributed by atoms with van der Waals surface area (Å²) < 4.78 is 0.912. The molecule has 2 amide bonds. The van der Waals surface area contributed by atoms with Crippen LogP contribution in [0.3, 0.4) is 0 Å². The molecule has 0 atom stereocenters. The van der Waals surface area contributed by atoms with Crippen LogP contribution in [-0.2, 0) is 0 Å². The number of hydrogen-bond acceptors (Lipinski definition) is 4. The van der Waals surface area contributed by atoms with Crippen LogP contribution in [0.15, 0.2) is 64.6 Å². The molecule has 3 rings (SSSR count). The van der Waals surface area contributed by atoms with E-state index < -0.39 is 0 Å². The predicted octanol–water partition coefficient (Wildman–Crippen LogP) is 4.41. The highest BCUT2D eigenvalue weighted by atomic mass is 79.9. The summed E-state index contributed by atoms with van der Waals surface area (Å²) in [7, 11) is 0. The molecule has 7 heteroatoms. The van der Waals surface area contributed by atoms with Gasteiger partial charge in [0, 0.05) is 32.9 Å². The maximum atomic E-state index is 12.1. The second-order valence-corrected chi connectivity index (χ2v) is 6.64. The first-order valence-corrected chi connectivity index (χ1v) is 8.67. The minimum atomic E-state index is -0.240. The van der Waals surface area contributed by atoms with E-state index in [9.17, 15) is 9.59 Å². The number of carbonyl (C=O) groups excluding carboxylic acids is 2. The van der Waals surface area contributed by atoms with E-state index in [1.807, 2.05) is 0 Å². The van der Waals surface area contributed by atoms with Crippen molar-refractivity contribution in [2.75, 3.05) is 10.6 Å². The number of carbonyl (C=O) groups is 2. The Labute approximate surface area is 150 Å². The quantitative estimate of drug-likeness (QED) is 0.679. The number of aromatic nitrogens is 1. The van der Waals surface area contributed by atoms with Gasteiger partial charge in [0.15, 0.2) is 5.13 Å². The SMILES string of the molecule is O=C(Nc1ccc(C(=O)Nc2nccs2)cc1)c1ccc(Br)cc1. The molecule has 24 heavy (non-hydrogen) atoms. The van der Waals surface area contributed by atoms with Gasteiger partial charge in [0.1, 0.15) is 0 Å². The molecular weight excluding hydrogens is 390 g/mol. The van der Waals surface area contributed by atoms with Crippen molar-refractivity contribution in [1.82, 2.24) is 4.98 Å². The minimum absolute atomic E-state index is 0.206. The zero-order valence-electron chi connectivity index (χ0n) is 12.3. The molecule has 3 aromatic rings. The number of benzene rings is 2. The number of nitrogens with one attached hydrogen (secondary N) is 2. The molecule has 0 saturated heterocycles. The van der Waals surface area contributed by atoms with Crippen LogP contribution in [0.2, 0.25) is 0 Å². The lowest BCUT2D eigenvalue weighted by Crippen LogP contribution is -2.13. The third-order valence-electron chi connectivity index (χ3n) is 3.16. The maximum absolute atomic E-state index is 12.1. The van der Waals surface area contributed by atoms with Crippen LogP contribution in [0.1, 0.15) is 20.7 Å². The smallest absolute Gasteiger partial charge is 0.257 e. The van der Waals surface area contributed by atoms with Crippen molar-refractivity contribution in [3.05, 3.63) is 75.7 Å². The molecule has 0 radical (unpaired) electrons. The van der Waals surface area contributed by atoms with Crippen LogP contribution >= 0.6 is 27.3 Å². The zero-order chi connectivity index (χ0) is 16.9. The molecule has 0 aliphatic carbocycles. The Morgan fingerprint density at radius 2 is 1.46 bits per heavy atom. The van der Waals surface area contributed by atoms with Gasteiger partial charge in [0.25, 0.3) is 11.8 Å². The normalized spacial score (nSPS) is 10.2. The van der Waals surface area contributed by atoms with Gasteiger partial charge in [-0.05, 0) is 48.5 Å². The lowest BCUT2D eigenvalue weighted by molar-refractivity contribution is 0.102. The summed E-state index contributed by atoms with van der Waals surface area (Å²) in [5, 5.41) is 7.84. The van der Waals surface area contributed by atoms with Crippen LogP contribution in [0.25, 0.3) is 0 Å². The van der Waals surface area contributed by atoms with E-state index in [1.54, 1.807) is 60.1 Å². The molecule has 0 bridgehead atoms. The van der Waals surface area contributed by atoms with Crippen molar-refractivity contribution in [2.24, 2.45) is 0 Å². The van der Waals surface area contributed by atoms with Gasteiger partial charge in [0.05, 0.1) is 0 Å². The van der Waals surface area contributed by atoms with Crippen molar-refractivity contribution < 1.29 is 9.59 Å². The van der Waals surface area contributed by atoms with Gasteiger partial charge in [-0.3, -0.25) is 14.9 Å². The van der Waals surface area contributed by atoms with Crippen molar-refractivity contribution in [3.8, 4) is 0 Å². The highest BCUT2D eigenvalue weighted by Gasteiger charge is 2.09. The van der Waals surface area contributed by atoms with E-state index in [4.69, 9.17) is 0 Å². The van der Waals surface area contributed by atoms with Crippen LogP contribution in [0, 0.1) is 0 Å². The van der Waals surface area contributed by atoms with Crippen molar-refractivity contribution in [2.45, 2.75) is 0 Å². The number of halogens is 1. The summed E-state index contributed by atoms with van der Waals surface area (Å²) >= 11 is 4.68. The van der Waals surface area contributed by atoms with E-state index in [1.165, 1.54) is 11.3 Å². The molecule has 0 unspecified atom stereocenters. The lowest BCUT2D eigenvalue weighted by atomic mass is 10.1. The fraction of sp³-hybridized carbons (Fsp3) is 0. The van der Waals surface area contributed by atoms with Crippen molar-refractivity contribution in [1.29, 1.82) is 0 Å². The van der Waals surface area contributed by atoms with E-state index in [-0.39, 0.29) is 11.8 Å². The summed E-state index contributed by atoms with van der Waals surface area (Å²) in [5.41, 5.74) is 1.67. The van der Waals surface area contributed by atoms with Gasteiger partial charge in [-0.1, -0.05) is 15.9 Å². The second-order valence-electron chi connectivity index (χ2n) is 4.83. The van der Waals surface area contributed by atoms with Gasteiger partial charge >= 0.3 is 0 Å². The first-order chi connectivity index (χ1) is 11.6. The Balaban J connectivity index is 1.64. The molecule has 0 spiro atoms. The number of anilines is 2. The summed E-state index contributed by atoms with van der Waals surface area (Å²) in [6.45, 7) is 0. The standard InChI is InChI=1S/C17H12BrN3O2S/c18-13-5-1-11(2-6-13)15(22)20-14-7-3-12(4-8-14)16(23)21-17-19-9-10-24-17/h1-10H,(H,20,22)(H,19,21,23). The average molecular weight is 402 g/mol. The summed E-state index contributed by atoms with van der Waals surface area (Å²) in [6, 6.07) is 13.8. The first kappa shape index (κ1) is 16.4. The lowest BCUT2D eigenvalue weighted by Gasteiger charge is -2.07. The molecule has 1 aromatic heterocycles. The topological polar surface area (TPSA) is 71.1 Å². The van der Waals surface area contributed by atoms with Crippen molar-refractivity contribution >= 4 is 49.9 Å². The molecule has 1 heterocycles. The Bertz CT molecular complexity index is 847. The van der Waals surface area contributed by atoms with Crippen LogP contribution < -0.4 is 10.6 Å². The highest BCUT2D eigenvalue weighted by molar-refractivity contribution is 9.10. The number of hydrogen-bond donors (Lipinski definition) is 2. The monoisotopic (exact) mass is 401 g/mol. The van der Waals surface area contributed by atoms with Crippen molar-refractivity contribution in [3.63, 3.8) is 0 Å². The van der Waals surface area contributed by atoms with Crippen LogP contribution in [0.5, 0.6) is 0 Å². The van der Waals surface area contributed by atoms with E-state index in [0.717, 1.165) is 4.47 Å². The van der Waals surface area contributed by atoms with E-state index >= 15 is 0 Å². The first-order valence-electron chi connectivity index (χ1n) is 6.99. The summed E-state index contributed by atoms with van der Waals surface area (Å²) in [5.74, 6) is -0.446. The number of rotatable bonds is 4. The largest absolute Gasteiger partial charge is 0.322 e. The van der Waals surface area contributed by atoms with Gasteiger partial charge in [0.2, 0.25) is 0 Å². The van der Waals surface area contributed by atoms with E-state index in [2.05, 4.69) is 31.5 Å². The molecule has 0 aliphatic heterocycles. The van der Waals surface area contributed by atoms with Crippen LogP contribution in [-0.4, -0.2) is 16.8 Å². The second kappa shape index (κ2) is 7.37. The third kappa shape index (κ3) is 4.06. The average Bonchev–Trinajstić information content (AvgIpc) is 3.09. The van der Waals surface area contributed by atoms with Gasteiger partial charge in [-0.2, -0.15) is 0 Å². The molecule has 5 nitrogen and oxygen atoms in total. The molecule has 2 aromatic carbocycles. The highest BCUT2D eigenvalue weighted by Crippen LogP contribution is 2.16. The fourth-order valence-corrected chi connectivity index (χ4v) is 2.75. The molecule has 0 aliphatic rings. The molecule has 120 valence electrons. The van der Waals surface area contributed by atoms with Gasteiger partial charge in [-0.15, -0.1) is 11.3 Å². The molecule has 0 fully saturated rings. The van der Waals surface area contributed by atoms with Gasteiger partial charge < -0.3 is 5.32 Å². The Morgan fingerprint density at radius 1 is 0.875 bits per heavy atom. The fourth-order valence-electron chi connectivity index (χ4n) is 1.96. The molecule has 2 N–H and O–H groups in total. The predicted molar refractivity (Wildman–Crippen MR) is 98.6 cm³/mol. The number of nitrogens with zero attached hydrogens (tertiary/aromatic N) is 1. The van der Waals surface area contributed by atoms with Crippen LogP contribution in [0.4, 0.5) is 10.8 Å². The Kier molecular flexibility index (Phi) is 5.02. The number of amides is 2. The zero-order valence-corrected chi connectivity index (χ0v) is 14.7. The Hall–Kier alpha value is -2.51. The summed E-state index contributed by atoms with van der Waals surface area (Å²) in [6.07, 6.45) is 1.63. The third-order valence-corrected chi connectivity index (χ3v) is 4.38. The van der Waals surface area contributed by atoms with Gasteiger partial charge in [-0.25, -0.2) is 4.98 Å². The maximum Gasteiger partial charge on any atom is 0.257 e. The minimum Gasteiger partial charge on any atom is -0.322 e. The molecular formula is C17H12BrN3O2S.